The largest absolute Gasteiger partial charge is 0.388 e. The molecule has 0 aliphatic heterocycles. The quantitative estimate of drug-likeness (QED) is 0.887. The molecule has 0 bridgehead atoms. The Morgan fingerprint density at radius 1 is 1.30 bits per heavy atom. The minimum atomic E-state index is -0.676. The lowest BCUT2D eigenvalue weighted by Gasteiger charge is -2.22. The fourth-order valence-electron chi connectivity index (χ4n) is 2.36. The van der Waals surface area contributed by atoms with Gasteiger partial charge in [0.05, 0.1) is 5.60 Å². The van der Waals surface area contributed by atoms with E-state index in [1.54, 1.807) is 18.5 Å². The Balaban J connectivity index is 1.76. The molecule has 0 spiro atoms. The molecule has 1 aliphatic rings. The van der Waals surface area contributed by atoms with E-state index in [-0.39, 0.29) is 5.28 Å². The Morgan fingerprint density at radius 3 is 2.80 bits per heavy atom. The summed E-state index contributed by atoms with van der Waals surface area (Å²) in [4.78, 5) is 12.3. The van der Waals surface area contributed by atoms with Gasteiger partial charge in [-0.05, 0) is 30.5 Å². The highest BCUT2D eigenvalue weighted by molar-refractivity contribution is 6.28. The van der Waals surface area contributed by atoms with E-state index in [9.17, 15) is 5.11 Å². The van der Waals surface area contributed by atoms with Gasteiger partial charge in [0.2, 0.25) is 11.2 Å². The topological polar surface area (TPSA) is 88.8 Å². The Labute approximate surface area is 121 Å². The summed E-state index contributed by atoms with van der Waals surface area (Å²) in [7, 11) is 0. The number of rotatable bonds is 4. The highest BCUT2D eigenvalue weighted by Gasteiger charge is 2.31. The minimum Gasteiger partial charge on any atom is -0.388 e. The molecule has 106 valence electrons. The van der Waals surface area contributed by atoms with Crippen molar-refractivity contribution >= 4 is 17.5 Å². The van der Waals surface area contributed by atoms with Crippen LogP contribution in [-0.2, 0) is 0 Å². The number of aliphatic hydroxyl groups is 1. The van der Waals surface area contributed by atoms with E-state index in [0.29, 0.717) is 18.4 Å². The average molecular weight is 295 g/mol. The second kappa shape index (κ2) is 5.34. The summed E-state index contributed by atoms with van der Waals surface area (Å²) in [6.07, 6.45) is 7.05. The van der Waals surface area contributed by atoms with Gasteiger partial charge in [0.1, 0.15) is 0 Å². The van der Waals surface area contributed by atoms with E-state index in [0.717, 1.165) is 25.7 Å². The molecule has 2 N–H and O–H groups in total. The van der Waals surface area contributed by atoms with Gasteiger partial charge < -0.3 is 10.4 Å². The van der Waals surface area contributed by atoms with Gasteiger partial charge in [-0.2, -0.15) is 20.1 Å². The predicted octanol–water partition coefficient (Wildman–Crippen LogP) is 1.43. The van der Waals surface area contributed by atoms with Gasteiger partial charge in [0.15, 0.2) is 0 Å². The maximum absolute atomic E-state index is 10.3. The van der Waals surface area contributed by atoms with Gasteiger partial charge in [-0.1, -0.05) is 12.8 Å². The number of nitrogens with one attached hydrogen (secondary N) is 1. The first-order valence-corrected chi connectivity index (χ1v) is 6.90. The lowest BCUT2D eigenvalue weighted by atomic mass is 10.0. The summed E-state index contributed by atoms with van der Waals surface area (Å²) < 4.78 is 1.50. The van der Waals surface area contributed by atoms with E-state index in [2.05, 4.69) is 25.4 Å². The number of hydrogen-bond donors (Lipinski definition) is 2. The van der Waals surface area contributed by atoms with Crippen LogP contribution in [0.15, 0.2) is 18.5 Å². The molecular weight excluding hydrogens is 280 g/mol. The van der Waals surface area contributed by atoms with Crippen LogP contribution in [0, 0.1) is 0 Å². The predicted molar refractivity (Wildman–Crippen MR) is 73.9 cm³/mol. The van der Waals surface area contributed by atoms with Crippen molar-refractivity contribution in [2.75, 3.05) is 11.9 Å². The molecule has 7 nitrogen and oxygen atoms in total. The van der Waals surface area contributed by atoms with E-state index < -0.39 is 5.60 Å². The van der Waals surface area contributed by atoms with Crippen molar-refractivity contribution in [1.82, 2.24) is 24.7 Å². The zero-order chi connectivity index (χ0) is 14.0. The number of halogens is 1. The summed E-state index contributed by atoms with van der Waals surface area (Å²) in [5, 5.41) is 17.5. The standard InChI is InChI=1S/C12H15ClN6O/c13-9-16-10(14-8-12(20)4-1-2-5-12)18-11(17-9)19-7-3-6-15-19/h3,6-7,20H,1-2,4-5,8H2,(H,14,16,17,18). The first-order valence-electron chi connectivity index (χ1n) is 6.53. The molecule has 0 unspecified atom stereocenters. The number of aromatic nitrogens is 5. The molecule has 20 heavy (non-hydrogen) atoms. The SMILES string of the molecule is OC1(CNc2nc(Cl)nc(-n3cccn3)n2)CCCC1. The number of hydrogen-bond acceptors (Lipinski definition) is 6. The van der Waals surface area contributed by atoms with E-state index >= 15 is 0 Å². The number of anilines is 1. The van der Waals surface area contributed by atoms with Gasteiger partial charge in [-0.25, -0.2) is 4.68 Å². The molecule has 2 aromatic heterocycles. The van der Waals surface area contributed by atoms with E-state index in [1.165, 1.54) is 4.68 Å². The Bertz CT molecular complexity index is 582. The van der Waals surface area contributed by atoms with Crippen molar-refractivity contribution < 1.29 is 5.11 Å². The van der Waals surface area contributed by atoms with Crippen LogP contribution >= 0.6 is 11.6 Å². The molecule has 2 aromatic rings. The van der Waals surface area contributed by atoms with E-state index in [1.807, 2.05) is 0 Å². The maximum Gasteiger partial charge on any atom is 0.256 e. The molecule has 3 rings (SSSR count). The first-order chi connectivity index (χ1) is 9.65. The van der Waals surface area contributed by atoms with Crippen LogP contribution in [0.3, 0.4) is 0 Å². The second-order valence-corrected chi connectivity index (χ2v) is 5.30. The fourth-order valence-corrected chi connectivity index (χ4v) is 2.52. The average Bonchev–Trinajstić information content (AvgIpc) is 3.08. The molecule has 0 saturated heterocycles. The lowest BCUT2D eigenvalue weighted by molar-refractivity contribution is 0.0613. The summed E-state index contributed by atoms with van der Waals surface area (Å²) >= 11 is 5.89. The molecule has 0 aromatic carbocycles. The highest BCUT2D eigenvalue weighted by atomic mass is 35.5. The molecule has 8 heteroatoms. The maximum atomic E-state index is 10.3. The van der Waals surface area contributed by atoms with Crippen molar-refractivity contribution in [3.8, 4) is 5.95 Å². The zero-order valence-electron chi connectivity index (χ0n) is 10.8. The molecule has 0 atom stereocenters. The van der Waals surface area contributed by atoms with Crippen molar-refractivity contribution in [2.45, 2.75) is 31.3 Å². The van der Waals surface area contributed by atoms with E-state index in [4.69, 9.17) is 11.6 Å². The molecular formula is C12H15ClN6O. The molecule has 2 heterocycles. The van der Waals surface area contributed by atoms with Crippen molar-refractivity contribution in [1.29, 1.82) is 0 Å². The first kappa shape index (κ1) is 13.3. The summed E-state index contributed by atoms with van der Waals surface area (Å²) in [5.41, 5.74) is -0.676. The third-order valence-electron chi connectivity index (χ3n) is 3.42. The van der Waals surface area contributed by atoms with Crippen molar-refractivity contribution in [2.24, 2.45) is 0 Å². The van der Waals surface area contributed by atoms with Gasteiger partial charge in [-0.3, -0.25) is 0 Å². The molecule has 0 radical (unpaired) electrons. The lowest BCUT2D eigenvalue weighted by Crippen LogP contribution is -2.34. The third kappa shape index (κ3) is 2.88. The Morgan fingerprint density at radius 2 is 2.10 bits per heavy atom. The van der Waals surface area contributed by atoms with Crippen molar-refractivity contribution in [3.63, 3.8) is 0 Å². The Kier molecular flexibility index (Phi) is 3.54. The zero-order valence-corrected chi connectivity index (χ0v) is 11.6. The second-order valence-electron chi connectivity index (χ2n) is 4.96. The summed E-state index contributed by atoms with van der Waals surface area (Å²) in [6.45, 7) is 0.409. The van der Waals surface area contributed by atoms with Crippen molar-refractivity contribution in [3.05, 3.63) is 23.7 Å². The van der Waals surface area contributed by atoms with Crippen LogP contribution in [0.5, 0.6) is 0 Å². The van der Waals surface area contributed by atoms with Crippen LogP contribution in [-0.4, -0.2) is 42.0 Å². The van der Waals surface area contributed by atoms with Crippen LogP contribution in [0.2, 0.25) is 5.28 Å². The van der Waals surface area contributed by atoms with Crippen LogP contribution in [0.1, 0.15) is 25.7 Å². The molecule has 1 saturated carbocycles. The fraction of sp³-hybridized carbons (Fsp3) is 0.500. The van der Waals surface area contributed by atoms with Gasteiger partial charge in [0, 0.05) is 18.9 Å². The monoisotopic (exact) mass is 294 g/mol. The van der Waals surface area contributed by atoms with Gasteiger partial charge >= 0.3 is 0 Å². The molecule has 1 aliphatic carbocycles. The minimum absolute atomic E-state index is 0.0893. The van der Waals surface area contributed by atoms with Crippen LogP contribution < -0.4 is 5.32 Å². The van der Waals surface area contributed by atoms with Gasteiger partial charge in [-0.15, -0.1) is 0 Å². The van der Waals surface area contributed by atoms with Crippen LogP contribution in [0.25, 0.3) is 5.95 Å². The molecule has 1 fully saturated rings. The normalized spacial score (nSPS) is 17.3. The third-order valence-corrected chi connectivity index (χ3v) is 3.58. The molecule has 0 amide bonds. The summed E-state index contributed by atoms with van der Waals surface area (Å²) in [5.74, 6) is 0.687. The number of nitrogens with zero attached hydrogens (tertiary/aromatic N) is 5. The van der Waals surface area contributed by atoms with Gasteiger partial charge in [0.25, 0.3) is 5.95 Å². The summed E-state index contributed by atoms with van der Waals surface area (Å²) in [6, 6.07) is 1.77. The smallest absolute Gasteiger partial charge is 0.256 e. The highest BCUT2D eigenvalue weighted by Crippen LogP contribution is 2.29. The van der Waals surface area contributed by atoms with Crippen LogP contribution in [0.4, 0.5) is 5.95 Å². The Hall–Kier alpha value is -1.73.